The van der Waals surface area contributed by atoms with Gasteiger partial charge in [0.1, 0.15) is 0 Å². The second kappa shape index (κ2) is 11.4. The molecule has 2 aromatic rings. The first kappa shape index (κ1) is 28.8. The molecule has 0 aliphatic carbocycles. The lowest BCUT2D eigenvalue weighted by atomic mass is 10.1. The van der Waals surface area contributed by atoms with Crippen LogP contribution in [0.4, 0.5) is 11.4 Å². The Bertz CT molecular complexity index is 1380. The molecular formula is C33H40N4O6. The maximum Gasteiger partial charge on any atom is 0.256 e. The topological polar surface area (TPSA) is 102 Å². The van der Waals surface area contributed by atoms with E-state index in [9.17, 15) is 9.59 Å². The van der Waals surface area contributed by atoms with E-state index in [4.69, 9.17) is 18.9 Å². The molecule has 0 bridgehead atoms. The number of fused-ring (bicyclic) bond motifs is 4. The molecule has 0 aromatic heterocycles. The Labute approximate surface area is 252 Å². The number of hydrogen-bond donors (Lipinski definition) is 2. The van der Waals surface area contributed by atoms with E-state index in [0.29, 0.717) is 66.8 Å². The first-order chi connectivity index (χ1) is 20.7. The minimum Gasteiger partial charge on any atom is -0.493 e. The van der Waals surface area contributed by atoms with Gasteiger partial charge < -0.3 is 39.4 Å². The van der Waals surface area contributed by atoms with E-state index in [1.165, 1.54) is 0 Å². The number of benzene rings is 2. The van der Waals surface area contributed by atoms with Crippen molar-refractivity contribution in [1.82, 2.24) is 9.80 Å². The number of ether oxygens (including phenoxy) is 4. The third-order valence-corrected chi connectivity index (χ3v) is 8.90. The number of anilines is 2. The van der Waals surface area contributed by atoms with Crippen LogP contribution in [-0.4, -0.2) is 86.3 Å². The fraction of sp³-hybridized carbons (Fsp3) is 0.455. The third kappa shape index (κ3) is 5.23. The van der Waals surface area contributed by atoms with E-state index >= 15 is 0 Å². The van der Waals surface area contributed by atoms with Crippen LogP contribution in [0, 0.1) is 0 Å². The first-order valence-corrected chi connectivity index (χ1v) is 14.9. The van der Waals surface area contributed by atoms with E-state index in [0.717, 1.165) is 35.4 Å². The molecule has 0 saturated carbocycles. The van der Waals surface area contributed by atoms with Gasteiger partial charge in [-0.25, -0.2) is 0 Å². The van der Waals surface area contributed by atoms with Crippen molar-refractivity contribution in [3.8, 4) is 23.0 Å². The number of hydrogen-bond acceptors (Lipinski definition) is 8. The van der Waals surface area contributed by atoms with E-state index in [-0.39, 0.29) is 36.0 Å². The summed E-state index contributed by atoms with van der Waals surface area (Å²) >= 11 is 0. The SMILES string of the molecule is C=C1CC2C(C)Nc3cc(OCCCOc4cc5c(cc4OC)C(=O)N4CC(=C)CC4C(C)N5)c(OC)cc3C(=O)N2C1. The highest BCUT2D eigenvalue weighted by Crippen LogP contribution is 2.41. The number of carbonyl (C=O) groups excluding carboxylic acids is 2. The molecule has 0 radical (unpaired) electrons. The molecule has 10 heteroatoms. The van der Waals surface area contributed by atoms with Crippen molar-refractivity contribution in [2.75, 3.05) is 51.2 Å². The zero-order valence-electron chi connectivity index (χ0n) is 25.3. The molecule has 4 aliphatic heterocycles. The number of amides is 2. The first-order valence-electron chi connectivity index (χ1n) is 14.9. The molecule has 2 N–H and O–H groups in total. The van der Waals surface area contributed by atoms with Gasteiger partial charge in [-0.3, -0.25) is 9.59 Å². The van der Waals surface area contributed by atoms with E-state index in [1.54, 1.807) is 26.4 Å². The lowest BCUT2D eigenvalue weighted by molar-refractivity contribution is 0.0729. The fourth-order valence-electron chi connectivity index (χ4n) is 6.67. The summed E-state index contributed by atoms with van der Waals surface area (Å²) in [7, 11) is 3.14. The van der Waals surface area contributed by atoms with Gasteiger partial charge in [0.25, 0.3) is 11.8 Å². The van der Waals surface area contributed by atoms with E-state index < -0.39 is 0 Å². The molecule has 4 heterocycles. The highest BCUT2D eigenvalue weighted by Gasteiger charge is 2.40. The molecule has 228 valence electrons. The van der Waals surface area contributed by atoms with Crippen LogP contribution < -0.4 is 29.6 Å². The van der Waals surface area contributed by atoms with Crippen molar-refractivity contribution in [3.05, 3.63) is 59.7 Å². The van der Waals surface area contributed by atoms with Gasteiger partial charge in [0.2, 0.25) is 0 Å². The summed E-state index contributed by atoms with van der Waals surface area (Å²) in [5, 5.41) is 7.02. The van der Waals surface area contributed by atoms with Crippen LogP contribution in [-0.2, 0) is 0 Å². The molecule has 6 rings (SSSR count). The minimum absolute atomic E-state index is 0.0279. The Morgan fingerprint density at radius 1 is 0.721 bits per heavy atom. The summed E-state index contributed by atoms with van der Waals surface area (Å²) in [6.07, 6.45) is 2.18. The summed E-state index contributed by atoms with van der Waals surface area (Å²) < 4.78 is 23.4. The molecule has 10 nitrogen and oxygen atoms in total. The van der Waals surface area contributed by atoms with E-state index in [2.05, 4.69) is 37.6 Å². The summed E-state index contributed by atoms with van der Waals surface area (Å²) in [6.45, 7) is 14.3. The average molecular weight is 589 g/mol. The van der Waals surface area contributed by atoms with Crippen LogP contribution in [0.5, 0.6) is 23.0 Å². The average Bonchev–Trinajstić information content (AvgIpc) is 3.54. The maximum absolute atomic E-state index is 13.4. The molecule has 4 aliphatic rings. The van der Waals surface area contributed by atoms with Crippen LogP contribution in [0.25, 0.3) is 0 Å². The van der Waals surface area contributed by atoms with Gasteiger partial charge in [0, 0.05) is 43.7 Å². The third-order valence-electron chi connectivity index (χ3n) is 8.90. The van der Waals surface area contributed by atoms with Gasteiger partial charge in [-0.2, -0.15) is 0 Å². The molecule has 4 atom stereocenters. The van der Waals surface area contributed by atoms with Gasteiger partial charge in [-0.15, -0.1) is 0 Å². The zero-order chi connectivity index (χ0) is 30.4. The number of rotatable bonds is 8. The number of carbonyl (C=O) groups is 2. The normalized spacial score (nSPS) is 24.2. The molecule has 43 heavy (non-hydrogen) atoms. The van der Waals surface area contributed by atoms with Crippen molar-refractivity contribution in [1.29, 1.82) is 0 Å². The zero-order valence-corrected chi connectivity index (χ0v) is 25.3. The Balaban J connectivity index is 1.11. The molecule has 0 spiro atoms. The predicted molar refractivity (Wildman–Crippen MR) is 165 cm³/mol. The maximum atomic E-state index is 13.4. The number of nitrogens with one attached hydrogen (secondary N) is 2. The lowest BCUT2D eigenvalue weighted by Gasteiger charge is -2.26. The van der Waals surface area contributed by atoms with Crippen LogP contribution in [0.15, 0.2) is 48.6 Å². The summed E-state index contributed by atoms with van der Waals surface area (Å²) in [6, 6.07) is 7.47. The van der Waals surface area contributed by atoms with E-state index in [1.807, 2.05) is 21.9 Å². The summed E-state index contributed by atoms with van der Waals surface area (Å²) in [5.74, 6) is 2.06. The molecule has 4 unspecified atom stereocenters. The van der Waals surface area contributed by atoms with Crippen molar-refractivity contribution < 1.29 is 28.5 Å². The smallest absolute Gasteiger partial charge is 0.256 e. The van der Waals surface area contributed by atoms with Crippen molar-refractivity contribution >= 4 is 23.2 Å². The Hall–Kier alpha value is -4.34. The molecule has 2 fully saturated rings. The Morgan fingerprint density at radius 2 is 1.14 bits per heavy atom. The standard InChI is InChI=1S/C33H40N4O6/c1-18-10-26-20(3)34-24-14-30(28(40-5)12-22(24)32(38)36(26)16-18)42-8-7-9-43-31-15-25-23(13-29(31)41-6)33(39)37-17-19(2)11-27(37)21(4)35-25/h12-15,20-21,26-27,34-35H,1-2,7-11,16-17H2,3-6H3. The lowest BCUT2D eigenvalue weighted by Crippen LogP contribution is -2.41. The van der Waals surface area contributed by atoms with Crippen molar-refractivity contribution in [2.24, 2.45) is 0 Å². The second-order valence-corrected chi connectivity index (χ2v) is 11.9. The Kier molecular flexibility index (Phi) is 7.62. The molecular weight excluding hydrogens is 548 g/mol. The van der Waals surface area contributed by atoms with Crippen LogP contribution >= 0.6 is 0 Å². The van der Waals surface area contributed by atoms with Gasteiger partial charge in [0.15, 0.2) is 23.0 Å². The fourth-order valence-corrected chi connectivity index (χ4v) is 6.67. The molecule has 2 amide bonds. The van der Waals surface area contributed by atoms with Crippen LogP contribution in [0.2, 0.25) is 0 Å². The Morgan fingerprint density at radius 3 is 1.53 bits per heavy atom. The van der Waals surface area contributed by atoms with Crippen LogP contribution in [0.3, 0.4) is 0 Å². The summed E-state index contributed by atoms with van der Waals surface area (Å²) in [5.41, 5.74) is 4.75. The van der Waals surface area contributed by atoms with Crippen molar-refractivity contribution in [2.45, 2.75) is 57.3 Å². The predicted octanol–water partition coefficient (Wildman–Crippen LogP) is 4.72. The highest BCUT2D eigenvalue weighted by molar-refractivity contribution is 6.02. The second-order valence-electron chi connectivity index (χ2n) is 11.9. The van der Waals surface area contributed by atoms with Gasteiger partial charge >= 0.3 is 0 Å². The minimum atomic E-state index is -0.0279. The van der Waals surface area contributed by atoms with Gasteiger partial charge in [-0.05, 0) is 38.8 Å². The number of nitrogens with zero attached hydrogens (tertiary/aromatic N) is 2. The largest absolute Gasteiger partial charge is 0.493 e. The van der Waals surface area contributed by atoms with Crippen LogP contribution in [0.1, 0.15) is 53.8 Å². The number of methoxy groups -OCH3 is 2. The van der Waals surface area contributed by atoms with Gasteiger partial charge in [0.05, 0.1) is 62.0 Å². The molecule has 2 aromatic carbocycles. The van der Waals surface area contributed by atoms with Crippen molar-refractivity contribution in [3.63, 3.8) is 0 Å². The monoisotopic (exact) mass is 588 g/mol. The summed E-state index contributed by atoms with van der Waals surface area (Å²) in [4.78, 5) is 30.5. The quantitative estimate of drug-likeness (QED) is 0.338. The van der Waals surface area contributed by atoms with Gasteiger partial charge in [-0.1, -0.05) is 24.3 Å². The highest BCUT2D eigenvalue weighted by atomic mass is 16.5. The molecule has 2 saturated heterocycles.